The van der Waals surface area contributed by atoms with E-state index in [9.17, 15) is 24.3 Å². The molecule has 1 aromatic heterocycles. The molecule has 0 unspecified atom stereocenters. The predicted octanol–water partition coefficient (Wildman–Crippen LogP) is 6.38. The molecule has 1 aliphatic rings. The van der Waals surface area contributed by atoms with Crippen LogP contribution in [0.1, 0.15) is 115 Å². The fourth-order valence-corrected chi connectivity index (χ4v) is 6.72. The van der Waals surface area contributed by atoms with Gasteiger partial charge in [-0.15, -0.1) is 11.3 Å². The highest BCUT2D eigenvalue weighted by Gasteiger charge is 2.44. The lowest BCUT2D eigenvalue weighted by molar-refractivity contribution is -0.143. The summed E-state index contributed by atoms with van der Waals surface area (Å²) in [7, 11) is 0. The monoisotopic (exact) mass is 625 g/mol. The molecule has 1 aromatic carbocycles. The Morgan fingerprint density at radius 1 is 1.07 bits per heavy atom. The maximum Gasteiger partial charge on any atom is 0.246 e. The minimum Gasteiger partial charge on any atom is -0.391 e. The molecular formula is C35H51N3O5S. The molecular weight excluding hydrogens is 574 g/mol. The van der Waals surface area contributed by atoms with E-state index in [4.69, 9.17) is 0 Å². The number of benzene rings is 1. The number of aromatic nitrogens is 1. The number of likely N-dealkylation sites (tertiary alicyclic amines) is 1. The number of carbonyl (C=O) groups excluding carboxylic acids is 4. The van der Waals surface area contributed by atoms with E-state index in [1.54, 1.807) is 11.3 Å². The Bertz CT molecular complexity index is 1240. The maximum absolute atomic E-state index is 13.9. The number of aldehydes is 1. The van der Waals surface area contributed by atoms with Gasteiger partial charge in [-0.1, -0.05) is 84.1 Å². The van der Waals surface area contributed by atoms with Crippen molar-refractivity contribution in [1.82, 2.24) is 15.2 Å². The number of aliphatic hydroxyl groups excluding tert-OH is 1. The topological polar surface area (TPSA) is 117 Å². The molecule has 1 aliphatic heterocycles. The summed E-state index contributed by atoms with van der Waals surface area (Å²) in [5.74, 6) is -0.608. The lowest BCUT2D eigenvalue weighted by Crippen LogP contribution is -2.56. The summed E-state index contributed by atoms with van der Waals surface area (Å²) in [6.07, 6.45) is 8.53. The van der Waals surface area contributed by atoms with Crippen molar-refractivity contribution in [2.45, 2.75) is 129 Å². The van der Waals surface area contributed by atoms with E-state index < -0.39 is 23.6 Å². The zero-order valence-electron chi connectivity index (χ0n) is 27.1. The Labute approximate surface area is 267 Å². The SMILES string of the molecule is Cc1ncsc1-c1ccc([C@H](C)CC(=O)[C@@H]2C[C@@H](O)CN2C(=O)[C@@H](NC(=O)CCCCCCCCCC=O)C(C)(C)C)cc1. The summed E-state index contributed by atoms with van der Waals surface area (Å²) in [4.78, 5) is 57.7. The molecule has 2 aromatic rings. The normalized spacial score (nSPS) is 18.2. The van der Waals surface area contributed by atoms with Crippen LogP contribution in [0.3, 0.4) is 0 Å². The molecule has 0 aliphatic carbocycles. The second kappa shape index (κ2) is 17.0. The van der Waals surface area contributed by atoms with Crippen molar-refractivity contribution >= 4 is 35.2 Å². The molecule has 0 radical (unpaired) electrons. The number of nitrogens with one attached hydrogen (secondary N) is 1. The number of nitrogens with zero attached hydrogens (tertiary/aromatic N) is 2. The van der Waals surface area contributed by atoms with Gasteiger partial charge in [0.15, 0.2) is 5.78 Å². The van der Waals surface area contributed by atoms with E-state index in [-0.39, 0.29) is 42.9 Å². The molecule has 1 fully saturated rings. The lowest BCUT2D eigenvalue weighted by atomic mass is 9.85. The predicted molar refractivity (Wildman–Crippen MR) is 175 cm³/mol. The molecule has 0 bridgehead atoms. The van der Waals surface area contributed by atoms with E-state index in [2.05, 4.69) is 22.4 Å². The summed E-state index contributed by atoms with van der Waals surface area (Å²) < 4.78 is 0. The standard InChI is InChI=1S/C35H51N3O5S/c1-24(26-15-17-27(18-16-26)32-25(2)36-23-44-32)20-30(41)29-21-28(40)22-38(29)34(43)33(35(3,4)5)37-31(42)14-12-10-8-6-7-9-11-13-19-39/h15-19,23-24,28-29,33,40H,6-14,20-22H2,1-5H3,(H,37,42)/t24-,28-,29+,33-/m1/s1. The van der Waals surface area contributed by atoms with Crippen LogP contribution in [-0.4, -0.2) is 63.6 Å². The number of aryl methyl sites for hydroxylation is 1. The summed E-state index contributed by atoms with van der Waals surface area (Å²) in [5, 5.41) is 13.5. The molecule has 2 heterocycles. The number of amides is 2. The Morgan fingerprint density at radius 2 is 1.70 bits per heavy atom. The van der Waals surface area contributed by atoms with Crippen LogP contribution in [0.2, 0.25) is 0 Å². The van der Waals surface area contributed by atoms with Crippen molar-refractivity contribution in [3.8, 4) is 10.4 Å². The van der Waals surface area contributed by atoms with Crippen molar-refractivity contribution in [3.05, 3.63) is 41.0 Å². The van der Waals surface area contributed by atoms with E-state index in [1.165, 1.54) is 4.90 Å². The van der Waals surface area contributed by atoms with Crippen LogP contribution < -0.4 is 5.32 Å². The largest absolute Gasteiger partial charge is 0.391 e. The van der Waals surface area contributed by atoms with Gasteiger partial charge in [0.05, 0.1) is 28.2 Å². The van der Waals surface area contributed by atoms with Crippen LogP contribution in [-0.2, 0) is 19.2 Å². The number of hydrogen-bond acceptors (Lipinski definition) is 7. The van der Waals surface area contributed by atoms with Gasteiger partial charge in [0.1, 0.15) is 12.3 Å². The van der Waals surface area contributed by atoms with Crippen LogP contribution in [0, 0.1) is 12.3 Å². The van der Waals surface area contributed by atoms with E-state index in [1.807, 2.05) is 52.3 Å². The van der Waals surface area contributed by atoms with Crippen molar-refractivity contribution in [3.63, 3.8) is 0 Å². The van der Waals surface area contributed by atoms with Gasteiger partial charge >= 0.3 is 0 Å². The van der Waals surface area contributed by atoms with E-state index in [0.717, 1.165) is 72.9 Å². The van der Waals surface area contributed by atoms with Crippen LogP contribution in [0.25, 0.3) is 10.4 Å². The third-order valence-electron chi connectivity index (χ3n) is 8.57. The average molecular weight is 626 g/mol. The molecule has 4 atom stereocenters. The molecule has 2 N–H and O–H groups in total. The molecule has 3 rings (SSSR count). The highest BCUT2D eigenvalue weighted by Crippen LogP contribution is 2.31. The molecule has 1 saturated heterocycles. The number of rotatable bonds is 17. The fourth-order valence-electron chi connectivity index (χ4n) is 5.91. The first-order chi connectivity index (χ1) is 20.9. The van der Waals surface area contributed by atoms with Crippen molar-refractivity contribution in [2.75, 3.05) is 6.54 Å². The zero-order chi connectivity index (χ0) is 32.3. The van der Waals surface area contributed by atoms with E-state index >= 15 is 0 Å². The van der Waals surface area contributed by atoms with Gasteiger partial charge in [-0.2, -0.15) is 0 Å². The third kappa shape index (κ3) is 10.3. The third-order valence-corrected chi connectivity index (χ3v) is 9.55. The van der Waals surface area contributed by atoms with Gasteiger partial charge in [-0.05, 0) is 42.2 Å². The Balaban J connectivity index is 1.56. The summed E-state index contributed by atoms with van der Waals surface area (Å²) in [5.41, 5.74) is 4.40. The molecule has 0 saturated carbocycles. The zero-order valence-corrected chi connectivity index (χ0v) is 28.0. The quantitative estimate of drug-likeness (QED) is 0.156. The average Bonchev–Trinajstić information content (AvgIpc) is 3.59. The van der Waals surface area contributed by atoms with Crippen LogP contribution in [0.15, 0.2) is 29.8 Å². The number of β-amino-alcohol motifs (C(OH)–C–C–N with tert-alkyl or cyclic N) is 1. The number of Topliss-reactive ketones (excluding diaryl/α,β-unsaturated/α-hetero) is 1. The summed E-state index contributed by atoms with van der Waals surface area (Å²) in [6.45, 7) is 9.80. The van der Waals surface area contributed by atoms with Crippen LogP contribution >= 0.6 is 11.3 Å². The highest BCUT2D eigenvalue weighted by atomic mass is 32.1. The van der Waals surface area contributed by atoms with Gasteiger partial charge < -0.3 is 20.1 Å². The second-order valence-electron chi connectivity index (χ2n) is 13.4. The number of unbranched alkanes of at least 4 members (excludes halogenated alkanes) is 7. The molecule has 9 heteroatoms. The molecule has 8 nitrogen and oxygen atoms in total. The first-order valence-electron chi connectivity index (χ1n) is 16.2. The van der Waals surface area contributed by atoms with E-state index in [0.29, 0.717) is 12.8 Å². The Kier molecular flexibility index (Phi) is 13.7. The Morgan fingerprint density at radius 3 is 2.30 bits per heavy atom. The maximum atomic E-state index is 13.9. The molecule has 44 heavy (non-hydrogen) atoms. The first kappa shape index (κ1) is 35.6. The number of thiazole rings is 1. The molecule has 2 amide bonds. The van der Waals surface area contributed by atoms with Crippen molar-refractivity contribution in [2.24, 2.45) is 5.41 Å². The van der Waals surface area contributed by atoms with Gasteiger partial charge in [-0.3, -0.25) is 14.4 Å². The highest BCUT2D eigenvalue weighted by molar-refractivity contribution is 7.13. The minimum atomic E-state index is -0.798. The van der Waals surface area contributed by atoms with Crippen molar-refractivity contribution in [1.29, 1.82) is 0 Å². The minimum absolute atomic E-state index is 0.0525. The van der Waals surface area contributed by atoms with Crippen LogP contribution in [0.4, 0.5) is 0 Å². The Hall–Kier alpha value is -2.91. The number of carbonyl (C=O) groups is 4. The summed E-state index contributed by atoms with van der Waals surface area (Å²) >= 11 is 1.60. The van der Waals surface area contributed by atoms with Gasteiger partial charge in [0, 0.05) is 32.2 Å². The van der Waals surface area contributed by atoms with Gasteiger partial charge in [0.2, 0.25) is 11.8 Å². The number of ketones is 1. The van der Waals surface area contributed by atoms with Crippen molar-refractivity contribution < 1.29 is 24.3 Å². The number of aliphatic hydroxyl groups is 1. The first-order valence-corrected chi connectivity index (χ1v) is 17.0. The van der Waals surface area contributed by atoms with Gasteiger partial charge in [-0.25, -0.2) is 4.98 Å². The second-order valence-corrected chi connectivity index (χ2v) is 14.3. The smallest absolute Gasteiger partial charge is 0.246 e. The van der Waals surface area contributed by atoms with Crippen LogP contribution in [0.5, 0.6) is 0 Å². The molecule has 0 spiro atoms. The molecule has 242 valence electrons. The summed E-state index contributed by atoms with van der Waals surface area (Å²) in [6, 6.07) is 6.68. The fraction of sp³-hybridized carbons (Fsp3) is 0.629. The van der Waals surface area contributed by atoms with Gasteiger partial charge in [0.25, 0.3) is 0 Å². The number of hydrogen-bond donors (Lipinski definition) is 2. The lowest BCUT2D eigenvalue weighted by Gasteiger charge is -2.35.